The minimum absolute atomic E-state index is 0.0669. The largest absolute Gasteiger partial charge is 0.489 e. The van der Waals surface area contributed by atoms with E-state index in [1.807, 2.05) is 30.9 Å². The molecule has 2 aromatic heterocycles. The van der Waals surface area contributed by atoms with Crippen LogP contribution in [0.2, 0.25) is 0 Å². The molecule has 0 atom stereocenters. The minimum atomic E-state index is -3.54. The van der Waals surface area contributed by atoms with Crippen molar-refractivity contribution in [3.63, 3.8) is 0 Å². The van der Waals surface area contributed by atoms with E-state index in [4.69, 9.17) is 14.8 Å². The molecule has 4 N–H and O–H groups in total. The molecule has 4 aromatic rings. The molecule has 0 radical (unpaired) electrons. The molecule has 44 heavy (non-hydrogen) atoms. The molecule has 2 aromatic carbocycles. The molecule has 1 aliphatic heterocycles. The summed E-state index contributed by atoms with van der Waals surface area (Å²) in [5.41, 5.74) is 4.01. The van der Waals surface area contributed by atoms with Gasteiger partial charge < -0.3 is 25.5 Å². The highest BCUT2D eigenvalue weighted by molar-refractivity contribution is 7.92. The lowest BCUT2D eigenvalue weighted by Gasteiger charge is -2.32. The molecular weight excluding hydrogens is 580 g/mol. The number of rotatable bonds is 11. The third-order valence-electron chi connectivity index (χ3n) is 7.85. The van der Waals surface area contributed by atoms with E-state index in [9.17, 15) is 13.2 Å². The van der Waals surface area contributed by atoms with Gasteiger partial charge in [-0.05, 0) is 108 Å². The molecule has 0 saturated carbocycles. The fourth-order valence-electron chi connectivity index (χ4n) is 5.60. The van der Waals surface area contributed by atoms with Crippen LogP contribution in [0.25, 0.3) is 11.0 Å². The summed E-state index contributed by atoms with van der Waals surface area (Å²) in [5.74, 6) is 0.942. The quantitative estimate of drug-likeness (QED) is 0.158. The Kier molecular flexibility index (Phi) is 9.12. The number of piperidine rings is 1. The molecule has 0 spiro atoms. The number of H-pyrrole nitrogens is 1. The molecule has 0 amide bonds. The summed E-state index contributed by atoms with van der Waals surface area (Å²) >= 11 is 0. The van der Waals surface area contributed by atoms with Crippen molar-refractivity contribution in [2.24, 2.45) is 0 Å². The van der Waals surface area contributed by atoms with Gasteiger partial charge in [0.2, 0.25) is 5.95 Å². The molecule has 0 bridgehead atoms. The number of carboxylic acid groups (broad SMARTS) is 1. The molecule has 1 aliphatic rings. The van der Waals surface area contributed by atoms with E-state index in [0.29, 0.717) is 45.8 Å². The average Bonchev–Trinajstić information content (AvgIpc) is 3.44. The zero-order valence-electron chi connectivity index (χ0n) is 25.7. The monoisotopic (exact) mass is 620 g/mol. The van der Waals surface area contributed by atoms with Gasteiger partial charge >= 0.3 is 5.97 Å². The summed E-state index contributed by atoms with van der Waals surface area (Å²) in [7, 11) is -3.54. The van der Waals surface area contributed by atoms with Crippen LogP contribution in [0.1, 0.15) is 57.6 Å². The molecule has 0 aliphatic carbocycles. The van der Waals surface area contributed by atoms with Crippen molar-refractivity contribution in [3.8, 4) is 5.75 Å². The number of para-hydroxylation sites is 1. The Morgan fingerprint density at radius 1 is 1.07 bits per heavy atom. The van der Waals surface area contributed by atoms with Gasteiger partial charge in [0.1, 0.15) is 17.2 Å². The van der Waals surface area contributed by atoms with Gasteiger partial charge in [-0.3, -0.25) is 9.69 Å². The van der Waals surface area contributed by atoms with Gasteiger partial charge in [-0.15, -0.1) is 0 Å². The molecule has 1 fully saturated rings. The summed E-state index contributed by atoms with van der Waals surface area (Å²) in [6.45, 7) is 10.9. The number of nitrogens with zero attached hydrogens (tertiary/aromatic N) is 3. The van der Waals surface area contributed by atoms with Crippen LogP contribution in [-0.4, -0.2) is 70.3 Å². The fraction of sp³-hybridized carbons (Fsp3) is 0.406. The molecule has 11 nitrogen and oxygen atoms in total. The predicted octanol–water partition coefficient (Wildman–Crippen LogP) is 5.99. The highest BCUT2D eigenvalue weighted by Gasteiger charge is 2.26. The van der Waals surface area contributed by atoms with Crippen molar-refractivity contribution in [2.45, 2.75) is 69.6 Å². The van der Waals surface area contributed by atoms with Crippen LogP contribution < -0.4 is 15.4 Å². The zero-order valence-corrected chi connectivity index (χ0v) is 26.5. The number of aryl methyl sites for hydroxylation is 1. The number of aliphatic carboxylic acids is 1. The smallest absolute Gasteiger partial charge is 0.317 e. The van der Waals surface area contributed by atoms with Crippen LogP contribution in [0.15, 0.2) is 53.6 Å². The van der Waals surface area contributed by atoms with Crippen molar-refractivity contribution < 1.29 is 23.1 Å². The van der Waals surface area contributed by atoms with Gasteiger partial charge in [0.25, 0.3) is 0 Å². The summed E-state index contributed by atoms with van der Waals surface area (Å²) in [6.07, 6.45) is 3.43. The SMILES string of the molecule is Cc1cc(Nc2nc(Nc3ccccc3S(=O)(=O)C(C)C)c3cc[nH]c3n2)c(OC(C)C)cc1C1CCN(CC(=O)O)CC1. The minimum Gasteiger partial charge on any atom is -0.489 e. The number of carboxylic acids is 1. The van der Waals surface area contributed by atoms with Gasteiger partial charge in [-0.2, -0.15) is 9.97 Å². The van der Waals surface area contributed by atoms with Crippen molar-refractivity contribution >= 4 is 50.0 Å². The number of ether oxygens (including phenoxy) is 1. The fourth-order valence-corrected chi connectivity index (χ4v) is 6.80. The number of fused-ring (bicyclic) bond motifs is 1. The Morgan fingerprint density at radius 2 is 1.80 bits per heavy atom. The van der Waals surface area contributed by atoms with E-state index in [2.05, 4.69) is 33.6 Å². The van der Waals surface area contributed by atoms with E-state index >= 15 is 0 Å². The van der Waals surface area contributed by atoms with Crippen LogP contribution in [-0.2, 0) is 14.6 Å². The number of hydrogen-bond acceptors (Lipinski definition) is 9. The van der Waals surface area contributed by atoms with E-state index in [0.717, 1.165) is 31.5 Å². The number of sulfone groups is 1. The van der Waals surface area contributed by atoms with Crippen LogP contribution in [0.5, 0.6) is 5.75 Å². The molecule has 5 rings (SSSR count). The molecular formula is C32H40N6O5S. The first kappa shape index (κ1) is 31.3. The lowest BCUT2D eigenvalue weighted by molar-refractivity contribution is -0.138. The Bertz CT molecular complexity index is 1760. The van der Waals surface area contributed by atoms with E-state index in [-0.39, 0.29) is 17.5 Å². The maximum atomic E-state index is 13.1. The van der Waals surface area contributed by atoms with Gasteiger partial charge in [0.15, 0.2) is 9.84 Å². The summed E-state index contributed by atoms with van der Waals surface area (Å²) in [6, 6.07) is 12.8. The number of likely N-dealkylation sites (tertiary alicyclic amines) is 1. The Morgan fingerprint density at radius 3 is 2.48 bits per heavy atom. The second-order valence-electron chi connectivity index (χ2n) is 11.8. The second-order valence-corrected chi connectivity index (χ2v) is 14.3. The van der Waals surface area contributed by atoms with Crippen molar-refractivity contribution in [1.82, 2.24) is 19.9 Å². The normalized spacial score (nSPS) is 14.8. The van der Waals surface area contributed by atoms with Crippen LogP contribution in [0, 0.1) is 6.92 Å². The lowest BCUT2D eigenvalue weighted by atomic mass is 9.86. The highest BCUT2D eigenvalue weighted by Crippen LogP contribution is 2.38. The number of benzene rings is 2. The first-order valence-electron chi connectivity index (χ1n) is 14.9. The number of aromatic nitrogens is 3. The molecule has 234 valence electrons. The number of anilines is 4. The van der Waals surface area contributed by atoms with E-state index in [1.54, 1.807) is 44.3 Å². The van der Waals surface area contributed by atoms with Crippen molar-refractivity contribution in [2.75, 3.05) is 30.3 Å². The molecule has 3 heterocycles. The first-order chi connectivity index (χ1) is 20.9. The van der Waals surface area contributed by atoms with Gasteiger partial charge in [-0.1, -0.05) is 12.1 Å². The van der Waals surface area contributed by atoms with Crippen LogP contribution in [0.3, 0.4) is 0 Å². The van der Waals surface area contributed by atoms with Gasteiger partial charge in [-0.25, -0.2) is 8.42 Å². The van der Waals surface area contributed by atoms with Gasteiger partial charge in [0, 0.05) is 6.20 Å². The predicted molar refractivity (Wildman–Crippen MR) is 172 cm³/mol. The number of carbonyl (C=O) groups is 1. The van der Waals surface area contributed by atoms with E-state index < -0.39 is 21.1 Å². The molecule has 0 unspecified atom stereocenters. The number of aromatic amines is 1. The third-order valence-corrected chi connectivity index (χ3v) is 10.1. The van der Waals surface area contributed by atoms with Crippen molar-refractivity contribution in [1.29, 1.82) is 0 Å². The third kappa shape index (κ3) is 6.81. The summed E-state index contributed by atoms with van der Waals surface area (Å²) in [5, 5.41) is 15.9. The average molecular weight is 621 g/mol. The lowest BCUT2D eigenvalue weighted by Crippen LogP contribution is -2.36. The van der Waals surface area contributed by atoms with E-state index in [1.165, 1.54) is 5.56 Å². The number of hydrogen-bond donors (Lipinski definition) is 4. The molecule has 1 saturated heterocycles. The Labute approximate surface area is 258 Å². The Hall–Kier alpha value is -4.16. The molecule has 12 heteroatoms. The highest BCUT2D eigenvalue weighted by atomic mass is 32.2. The second kappa shape index (κ2) is 12.8. The van der Waals surface area contributed by atoms with Crippen LogP contribution >= 0.6 is 0 Å². The van der Waals surface area contributed by atoms with Crippen LogP contribution in [0.4, 0.5) is 23.1 Å². The Balaban J connectivity index is 1.47. The number of nitrogens with one attached hydrogen (secondary N) is 3. The maximum absolute atomic E-state index is 13.1. The topological polar surface area (TPSA) is 150 Å². The first-order valence-corrected chi connectivity index (χ1v) is 16.4. The summed E-state index contributed by atoms with van der Waals surface area (Å²) in [4.78, 5) is 25.9. The zero-order chi connectivity index (χ0) is 31.6. The van der Waals surface area contributed by atoms with Gasteiger partial charge in [0.05, 0.1) is 39.6 Å². The van der Waals surface area contributed by atoms with Crippen molar-refractivity contribution in [3.05, 3.63) is 59.8 Å². The maximum Gasteiger partial charge on any atom is 0.317 e. The standard InChI is InChI=1S/C32H40N6O5S/c1-19(2)43-27-17-24(22-11-14-38(15-12-22)18-29(39)40)21(5)16-26(27)35-32-36-30-23(10-13-33-30)31(37-32)34-25-8-6-7-9-28(25)44(41,42)20(3)4/h6-10,13,16-17,19-20,22H,11-12,14-15,18H2,1-5H3,(H,39,40)(H3,33,34,35,36,37). The summed E-state index contributed by atoms with van der Waals surface area (Å²) < 4.78 is 32.4.